The molecule has 3 heterocycles. The molecule has 10 nitrogen and oxygen atoms in total. The van der Waals surface area contributed by atoms with Crippen LogP contribution < -0.4 is 15.4 Å². The molecule has 1 aromatic heterocycles. The van der Waals surface area contributed by atoms with E-state index in [4.69, 9.17) is 11.2 Å². The van der Waals surface area contributed by atoms with Gasteiger partial charge in [-0.25, -0.2) is 4.98 Å². The number of carbonyl (C=O) groups excluding carboxylic acids is 4. The van der Waals surface area contributed by atoms with Crippen molar-refractivity contribution in [3.8, 4) is 18.2 Å². The fourth-order valence-electron chi connectivity index (χ4n) is 3.49. The van der Waals surface area contributed by atoms with E-state index >= 15 is 0 Å². The molecule has 4 rings (SSSR count). The Morgan fingerprint density at radius 1 is 1.32 bits per heavy atom. The highest BCUT2D eigenvalue weighted by Gasteiger charge is 2.39. The number of terminal acetylenes is 1. The molecule has 1 fully saturated rings. The maximum atomic E-state index is 12.7. The number of nitrogens with one attached hydrogen (secondary N) is 2. The maximum absolute atomic E-state index is 12.7. The third kappa shape index (κ3) is 4.06. The van der Waals surface area contributed by atoms with Crippen molar-refractivity contribution in [2.45, 2.75) is 25.4 Å². The Labute approximate surface area is 177 Å². The first-order valence-corrected chi connectivity index (χ1v) is 9.44. The molecule has 1 atom stereocenters. The fourth-order valence-corrected chi connectivity index (χ4v) is 3.49. The predicted octanol–water partition coefficient (Wildman–Crippen LogP) is 0.502. The molecular formula is C21H17N5O5. The molecule has 2 N–H and O–H groups in total. The molecule has 10 heteroatoms. The summed E-state index contributed by atoms with van der Waals surface area (Å²) in [7, 11) is 0. The van der Waals surface area contributed by atoms with Gasteiger partial charge >= 0.3 is 0 Å². The Hall–Kier alpha value is -4.26. The van der Waals surface area contributed by atoms with Gasteiger partial charge in [-0.15, -0.1) is 6.42 Å². The number of rotatable bonds is 5. The zero-order chi connectivity index (χ0) is 22.0. The van der Waals surface area contributed by atoms with Gasteiger partial charge in [-0.05, 0) is 30.2 Å². The van der Waals surface area contributed by atoms with E-state index in [-0.39, 0.29) is 49.6 Å². The van der Waals surface area contributed by atoms with Crippen LogP contribution in [-0.2, 0) is 16.1 Å². The van der Waals surface area contributed by atoms with E-state index < -0.39 is 17.9 Å². The van der Waals surface area contributed by atoms with Crippen LogP contribution in [0.4, 0.5) is 5.95 Å². The number of carbonyl (C=O) groups is 4. The minimum Gasteiger partial charge on any atom is -0.464 e. The van der Waals surface area contributed by atoms with Gasteiger partial charge in [-0.3, -0.25) is 29.8 Å². The minimum atomic E-state index is -0.714. The van der Waals surface area contributed by atoms with Crippen molar-refractivity contribution in [3.05, 3.63) is 47.2 Å². The Bertz CT molecular complexity index is 1140. The predicted molar refractivity (Wildman–Crippen MR) is 107 cm³/mol. The molecule has 1 saturated heterocycles. The molecule has 0 aliphatic carbocycles. The average molecular weight is 419 g/mol. The normalized spacial score (nSPS) is 17.6. The van der Waals surface area contributed by atoms with Gasteiger partial charge in [0.1, 0.15) is 6.04 Å². The van der Waals surface area contributed by atoms with Gasteiger partial charge in [0.2, 0.25) is 23.6 Å². The molecule has 0 spiro atoms. The van der Waals surface area contributed by atoms with E-state index in [0.717, 1.165) is 0 Å². The minimum absolute atomic E-state index is 0.0347. The number of nitrogens with zero attached hydrogens (tertiary/aromatic N) is 3. The van der Waals surface area contributed by atoms with Crippen LogP contribution in [-0.4, -0.2) is 51.1 Å². The van der Waals surface area contributed by atoms with Crippen LogP contribution in [0.3, 0.4) is 0 Å². The Balaban J connectivity index is 1.48. The van der Waals surface area contributed by atoms with Gasteiger partial charge in [0.25, 0.3) is 11.8 Å². The summed E-state index contributed by atoms with van der Waals surface area (Å²) in [5.74, 6) is 0.977. The molecule has 2 aliphatic heterocycles. The van der Waals surface area contributed by atoms with Crippen LogP contribution in [0.1, 0.15) is 39.1 Å². The molecule has 156 valence electrons. The molecule has 0 bridgehead atoms. The van der Waals surface area contributed by atoms with Crippen LogP contribution in [0.2, 0.25) is 0 Å². The maximum Gasteiger partial charge on any atom is 0.258 e. The third-order valence-corrected chi connectivity index (χ3v) is 4.94. The van der Waals surface area contributed by atoms with Crippen molar-refractivity contribution in [2.24, 2.45) is 0 Å². The number of imide groups is 1. The summed E-state index contributed by atoms with van der Waals surface area (Å²) in [4.78, 5) is 58.3. The van der Waals surface area contributed by atoms with E-state index in [1.54, 1.807) is 12.1 Å². The first-order chi connectivity index (χ1) is 15.0. The monoisotopic (exact) mass is 419 g/mol. The topological polar surface area (TPSA) is 131 Å². The van der Waals surface area contributed by atoms with Gasteiger partial charge in [-0.2, -0.15) is 4.98 Å². The zero-order valence-corrected chi connectivity index (χ0v) is 16.3. The Morgan fingerprint density at radius 3 is 2.94 bits per heavy atom. The number of fused-ring (bicyclic) bond motifs is 1. The second kappa shape index (κ2) is 8.23. The van der Waals surface area contributed by atoms with Crippen LogP contribution >= 0.6 is 0 Å². The number of benzene rings is 1. The van der Waals surface area contributed by atoms with Crippen molar-refractivity contribution in [3.63, 3.8) is 0 Å². The highest BCUT2D eigenvalue weighted by molar-refractivity contribution is 6.07. The van der Waals surface area contributed by atoms with Crippen LogP contribution in [0.5, 0.6) is 5.88 Å². The lowest BCUT2D eigenvalue weighted by atomic mass is 10.0. The van der Waals surface area contributed by atoms with E-state index in [0.29, 0.717) is 16.7 Å². The van der Waals surface area contributed by atoms with E-state index in [1.807, 2.05) is 0 Å². The van der Waals surface area contributed by atoms with Crippen molar-refractivity contribution >= 4 is 29.6 Å². The molecule has 2 aliphatic rings. The zero-order valence-electron chi connectivity index (χ0n) is 16.3. The van der Waals surface area contributed by atoms with Crippen LogP contribution in [0.25, 0.3) is 0 Å². The second-order valence-corrected chi connectivity index (χ2v) is 6.94. The first kappa shape index (κ1) is 20.0. The standard InChI is InChI=1S/C21H17N5O5/c1-2-9-31-17-7-8-22-21(24-17)25-18(28)12-3-4-14-13(10-12)11-26(20(14)30)15-5-6-16(27)23-19(15)29/h1,3-4,7-8,10,15H,5-6,9,11H2,(H,23,27,29)(H,22,24,25,28). The average Bonchev–Trinajstić information content (AvgIpc) is 3.08. The first-order valence-electron chi connectivity index (χ1n) is 9.44. The number of ether oxygens (including phenoxy) is 1. The van der Waals surface area contributed by atoms with Crippen LogP contribution in [0, 0.1) is 12.3 Å². The van der Waals surface area contributed by atoms with E-state index in [1.165, 1.54) is 23.2 Å². The highest BCUT2D eigenvalue weighted by atomic mass is 16.5. The largest absolute Gasteiger partial charge is 0.464 e. The lowest BCUT2D eigenvalue weighted by Gasteiger charge is -2.29. The van der Waals surface area contributed by atoms with Crippen LogP contribution in [0.15, 0.2) is 30.5 Å². The summed E-state index contributed by atoms with van der Waals surface area (Å²) in [6, 6.07) is 5.45. The number of hydrogen-bond donors (Lipinski definition) is 2. The van der Waals surface area contributed by atoms with Crippen molar-refractivity contribution in [1.29, 1.82) is 0 Å². The van der Waals surface area contributed by atoms with Crippen molar-refractivity contribution in [2.75, 3.05) is 11.9 Å². The summed E-state index contributed by atoms with van der Waals surface area (Å²) in [5.41, 5.74) is 1.34. The summed E-state index contributed by atoms with van der Waals surface area (Å²) in [6.45, 7) is 0.209. The molecule has 4 amide bonds. The number of piperidine rings is 1. The molecule has 2 aromatic rings. The summed E-state index contributed by atoms with van der Waals surface area (Å²) < 4.78 is 5.20. The van der Waals surface area contributed by atoms with Gasteiger partial charge < -0.3 is 9.64 Å². The molecular weight excluding hydrogens is 402 g/mol. The lowest BCUT2D eigenvalue weighted by Crippen LogP contribution is -2.52. The number of aromatic nitrogens is 2. The van der Waals surface area contributed by atoms with Gasteiger partial charge in [0.15, 0.2) is 6.61 Å². The molecule has 1 unspecified atom stereocenters. The summed E-state index contributed by atoms with van der Waals surface area (Å²) in [5, 5.41) is 4.83. The number of hydrogen-bond acceptors (Lipinski definition) is 7. The quantitative estimate of drug-likeness (QED) is 0.533. The molecule has 0 radical (unpaired) electrons. The fraction of sp³-hybridized carbons (Fsp3) is 0.238. The lowest BCUT2D eigenvalue weighted by molar-refractivity contribution is -0.136. The second-order valence-electron chi connectivity index (χ2n) is 6.94. The van der Waals surface area contributed by atoms with Gasteiger partial charge in [-0.1, -0.05) is 5.92 Å². The smallest absolute Gasteiger partial charge is 0.258 e. The Kier molecular flexibility index (Phi) is 5.32. The summed E-state index contributed by atoms with van der Waals surface area (Å²) in [6.07, 6.45) is 7.01. The summed E-state index contributed by atoms with van der Waals surface area (Å²) >= 11 is 0. The van der Waals surface area contributed by atoms with Crippen molar-refractivity contribution in [1.82, 2.24) is 20.2 Å². The Morgan fingerprint density at radius 2 is 2.16 bits per heavy atom. The van der Waals surface area contributed by atoms with Gasteiger partial charge in [0, 0.05) is 36.4 Å². The van der Waals surface area contributed by atoms with E-state index in [2.05, 4.69) is 26.5 Å². The highest BCUT2D eigenvalue weighted by Crippen LogP contribution is 2.28. The number of anilines is 1. The molecule has 1 aromatic carbocycles. The molecule has 31 heavy (non-hydrogen) atoms. The van der Waals surface area contributed by atoms with Gasteiger partial charge in [0.05, 0.1) is 0 Å². The SMILES string of the molecule is C#CCOc1ccnc(NC(=O)c2ccc3c(c2)CN(C2CCC(=O)NC2=O)C3=O)n1. The third-order valence-electron chi connectivity index (χ3n) is 4.94. The molecule has 0 saturated carbocycles. The van der Waals surface area contributed by atoms with Crippen molar-refractivity contribution < 1.29 is 23.9 Å². The number of amides is 4. The van der Waals surface area contributed by atoms with E-state index in [9.17, 15) is 19.2 Å².